The molecule has 0 aliphatic carbocycles. The maximum atomic E-state index is 13.0. The van der Waals surface area contributed by atoms with Crippen molar-refractivity contribution in [1.29, 1.82) is 0 Å². The van der Waals surface area contributed by atoms with E-state index in [0.717, 1.165) is 0 Å². The summed E-state index contributed by atoms with van der Waals surface area (Å²) in [6.45, 7) is 2.01. The molecule has 1 saturated heterocycles. The number of halogens is 6. The van der Waals surface area contributed by atoms with Crippen molar-refractivity contribution in [2.75, 3.05) is 13.1 Å². The zero-order chi connectivity index (χ0) is 22.1. The monoisotopic (exact) mass is 433 g/mol. The molecule has 1 aliphatic rings. The van der Waals surface area contributed by atoms with Crippen LogP contribution in [-0.2, 0) is 12.4 Å². The van der Waals surface area contributed by atoms with E-state index in [-0.39, 0.29) is 25.3 Å². The summed E-state index contributed by atoms with van der Waals surface area (Å²) in [6, 6.07) is 4.25. The Morgan fingerprint density at radius 2 is 1.53 bits per heavy atom. The van der Waals surface area contributed by atoms with Gasteiger partial charge in [-0.05, 0) is 31.2 Å². The molecule has 0 radical (unpaired) electrons. The Balaban J connectivity index is 1.72. The van der Waals surface area contributed by atoms with E-state index in [9.17, 15) is 31.1 Å². The first kappa shape index (κ1) is 21.8. The minimum Gasteiger partial charge on any atom is -0.473 e. The number of likely N-dealkylation sites (tertiary alicyclic amines) is 1. The molecule has 0 saturated carbocycles. The zero-order valence-corrected chi connectivity index (χ0v) is 15.7. The summed E-state index contributed by atoms with van der Waals surface area (Å²) in [4.78, 5) is 13.8. The molecule has 1 aromatic heterocycles. The number of aryl methyl sites for hydroxylation is 1. The molecule has 5 nitrogen and oxygen atoms in total. The number of carbonyl (C=O) groups excluding carboxylic acids is 1. The lowest BCUT2D eigenvalue weighted by atomic mass is 10.0. The number of nitrogens with zero attached hydrogens (tertiary/aromatic N) is 3. The maximum absolute atomic E-state index is 13.0. The summed E-state index contributed by atoms with van der Waals surface area (Å²) in [5.74, 6) is -0.585. The molecule has 0 N–H and O–H groups in total. The van der Waals surface area contributed by atoms with Gasteiger partial charge in [-0.1, -0.05) is 0 Å². The average molecular weight is 433 g/mol. The Kier molecular flexibility index (Phi) is 5.91. The van der Waals surface area contributed by atoms with Crippen molar-refractivity contribution in [3.8, 4) is 5.88 Å². The van der Waals surface area contributed by atoms with Crippen LogP contribution in [0.1, 0.15) is 40.0 Å². The second-order valence-electron chi connectivity index (χ2n) is 6.92. The van der Waals surface area contributed by atoms with Crippen LogP contribution < -0.4 is 4.74 Å². The van der Waals surface area contributed by atoms with E-state index in [0.29, 0.717) is 36.5 Å². The SMILES string of the molecule is Cc1ccc(OC2CCN(C(=O)c3cc(C(F)(F)F)cc(C(F)(F)F)c3)CC2)nn1. The summed E-state index contributed by atoms with van der Waals surface area (Å²) in [5, 5.41) is 7.73. The summed E-state index contributed by atoms with van der Waals surface area (Å²) in [6.07, 6.45) is -9.60. The topological polar surface area (TPSA) is 55.3 Å². The van der Waals surface area contributed by atoms with E-state index < -0.39 is 35.0 Å². The first-order valence-electron chi connectivity index (χ1n) is 8.99. The van der Waals surface area contributed by atoms with Gasteiger partial charge in [-0.3, -0.25) is 4.79 Å². The second kappa shape index (κ2) is 8.11. The van der Waals surface area contributed by atoms with Crippen LogP contribution in [0.2, 0.25) is 0 Å². The van der Waals surface area contributed by atoms with Crippen molar-refractivity contribution in [3.05, 3.63) is 52.7 Å². The zero-order valence-electron chi connectivity index (χ0n) is 15.7. The highest BCUT2D eigenvalue weighted by Gasteiger charge is 2.38. The molecular weight excluding hydrogens is 416 g/mol. The quantitative estimate of drug-likeness (QED) is 0.669. The number of aromatic nitrogens is 2. The van der Waals surface area contributed by atoms with Crippen molar-refractivity contribution >= 4 is 5.91 Å². The van der Waals surface area contributed by atoms with Gasteiger partial charge in [0.25, 0.3) is 5.91 Å². The molecule has 0 atom stereocenters. The molecule has 2 aromatic rings. The predicted molar refractivity (Wildman–Crippen MR) is 92.8 cm³/mol. The fourth-order valence-corrected chi connectivity index (χ4v) is 3.06. The largest absolute Gasteiger partial charge is 0.473 e. The fraction of sp³-hybridized carbons (Fsp3) is 0.421. The third-order valence-corrected chi connectivity index (χ3v) is 4.62. The van der Waals surface area contributed by atoms with Crippen LogP contribution in [0.15, 0.2) is 30.3 Å². The molecule has 1 amide bonds. The Bertz CT molecular complexity index is 872. The number of hydrogen-bond acceptors (Lipinski definition) is 4. The molecule has 0 spiro atoms. The summed E-state index contributed by atoms with van der Waals surface area (Å²) in [7, 11) is 0. The lowest BCUT2D eigenvalue weighted by molar-refractivity contribution is -0.143. The highest BCUT2D eigenvalue weighted by atomic mass is 19.4. The Hall–Kier alpha value is -2.85. The van der Waals surface area contributed by atoms with Gasteiger partial charge in [0.05, 0.1) is 16.8 Å². The van der Waals surface area contributed by atoms with Gasteiger partial charge in [0, 0.05) is 37.6 Å². The van der Waals surface area contributed by atoms with Crippen LogP contribution in [-0.4, -0.2) is 40.2 Å². The van der Waals surface area contributed by atoms with Crippen molar-refractivity contribution in [3.63, 3.8) is 0 Å². The molecule has 0 bridgehead atoms. The van der Waals surface area contributed by atoms with Crippen LogP contribution >= 0.6 is 0 Å². The van der Waals surface area contributed by atoms with Crippen LogP contribution in [0.25, 0.3) is 0 Å². The minimum absolute atomic E-state index is 0.000531. The standard InChI is InChI=1S/C19H17F6N3O2/c1-11-2-3-16(27-26-11)30-15-4-6-28(7-5-15)17(29)12-8-13(18(20,21)22)10-14(9-12)19(23,24)25/h2-3,8-10,15H,4-7H2,1H3. The molecule has 162 valence electrons. The number of carbonyl (C=O) groups is 1. The van der Waals surface area contributed by atoms with E-state index >= 15 is 0 Å². The van der Waals surface area contributed by atoms with Gasteiger partial charge < -0.3 is 9.64 Å². The third-order valence-electron chi connectivity index (χ3n) is 4.62. The average Bonchev–Trinajstić information content (AvgIpc) is 2.68. The number of rotatable bonds is 3. The third kappa shape index (κ3) is 5.19. The minimum atomic E-state index is -5.01. The second-order valence-corrected chi connectivity index (χ2v) is 6.92. The fourth-order valence-electron chi connectivity index (χ4n) is 3.06. The molecule has 1 aliphatic heterocycles. The summed E-state index contributed by atoms with van der Waals surface area (Å²) < 4.78 is 83.7. The van der Waals surface area contributed by atoms with Gasteiger partial charge in [-0.15, -0.1) is 5.10 Å². The smallest absolute Gasteiger partial charge is 0.416 e. The van der Waals surface area contributed by atoms with Gasteiger partial charge in [0.15, 0.2) is 0 Å². The molecule has 1 fully saturated rings. The summed E-state index contributed by atoms with van der Waals surface area (Å²) in [5.41, 5.74) is -2.98. The number of piperidine rings is 1. The van der Waals surface area contributed by atoms with Crippen LogP contribution in [0.4, 0.5) is 26.3 Å². The predicted octanol–water partition coefficient (Wildman–Crippen LogP) is 4.51. The van der Waals surface area contributed by atoms with Gasteiger partial charge in [-0.2, -0.15) is 31.4 Å². The van der Waals surface area contributed by atoms with Crippen molar-refractivity contribution in [2.45, 2.75) is 38.2 Å². The molecule has 1 aromatic carbocycles. The van der Waals surface area contributed by atoms with Gasteiger partial charge in [0.2, 0.25) is 5.88 Å². The number of alkyl halides is 6. The highest BCUT2D eigenvalue weighted by Crippen LogP contribution is 2.36. The van der Waals surface area contributed by atoms with Gasteiger partial charge >= 0.3 is 12.4 Å². The van der Waals surface area contributed by atoms with E-state index in [4.69, 9.17) is 4.74 Å². The molecule has 11 heteroatoms. The van der Waals surface area contributed by atoms with E-state index in [1.165, 1.54) is 4.90 Å². The van der Waals surface area contributed by atoms with E-state index in [1.54, 1.807) is 19.1 Å². The van der Waals surface area contributed by atoms with Crippen LogP contribution in [0.3, 0.4) is 0 Å². The Labute approximate surface area is 167 Å². The molecule has 2 heterocycles. The lowest BCUT2D eigenvalue weighted by Gasteiger charge is -2.32. The Morgan fingerprint density at radius 3 is 2.00 bits per heavy atom. The van der Waals surface area contributed by atoms with Gasteiger partial charge in [-0.25, -0.2) is 0 Å². The van der Waals surface area contributed by atoms with Crippen LogP contribution in [0, 0.1) is 6.92 Å². The number of amides is 1. The Morgan fingerprint density at radius 1 is 0.967 bits per heavy atom. The van der Waals surface area contributed by atoms with Crippen LogP contribution in [0.5, 0.6) is 5.88 Å². The summed E-state index contributed by atoms with van der Waals surface area (Å²) >= 11 is 0. The lowest BCUT2D eigenvalue weighted by Crippen LogP contribution is -2.42. The van der Waals surface area contributed by atoms with E-state index in [2.05, 4.69) is 10.2 Å². The molecule has 0 unspecified atom stereocenters. The van der Waals surface area contributed by atoms with Crippen molar-refractivity contribution in [1.82, 2.24) is 15.1 Å². The molecule has 3 rings (SSSR count). The first-order valence-corrected chi connectivity index (χ1v) is 8.99. The first-order chi connectivity index (χ1) is 13.9. The molecule has 30 heavy (non-hydrogen) atoms. The molecular formula is C19H17F6N3O2. The number of benzene rings is 1. The van der Waals surface area contributed by atoms with Crippen molar-refractivity contribution in [2.24, 2.45) is 0 Å². The highest BCUT2D eigenvalue weighted by molar-refractivity contribution is 5.94. The normalized spacial score (nSPS) is 15.9. The van der Waals surface area contributed by atoms with Gasteiger partial charge in [0.1, 0.15) is 6.10 Å². The van der Waals surface area contributed by atoms with Crippen molar-refractivity contribution < 1.29 is 35.9 Å². The number of hydrogen-bond donors (Lipinski definition) is 0. The van der Waals surface area contributed by atoms with E-state index in [1.807, 2.05) is 0 Å². The number of ether oxygens (including phenoxy) is 1. The maximum Gasteiger partial charge on any atom is 0.416 e.